The molecular formula is C10H11N3O. The van der Waals surface area contributed by atoms with Crippen LogP contribution in [0.25, 0.3) is 5.65 Å². The minimum absolute atomic E-state index is 0.597. The van der Waals surface area contributed by atoms with Gasteiger partial charge in [-0.25, -0.2) is 9.97 Å². The van der Waals surface area contributed by atoms with Gasteiger partial charge in [0.2, 0.25) is 5.65 Å². The zero-order valence-electron chi connectivity index (χ0n) is 7.97. The number of hydrogen-bond donors (Lipinski definition) is 0. The molecule has 0 spiro atoms. The summed E-state index contributed by atoms with van der Waals surface area (Å²) in [5.74, 6) is 1.29. The number of ether oxygens (including phenoxy) is 1. The third-order valence-electron chi connectivity index (χ3n) is 2.61. The van der Waals surface area contributed by atoms with Crippen LogP contribution in [0.4, 0.5) is 0 Å². The summed E-state index contributed by atoms with van der Waals surface area (Å²) in [5.41, 5.74) is 2.10. The SMILES string of the molecule is COc1nccn2c(C3CC3)cnc12. The molecule has 1 saturated carbocycles. The second kappa shape index (κ2) is 2.70. The van der Waals surface area contributed by atoms with Crippen molar-refractivity contribution < 1.29 is 4.74 Å². The third kappa shape index (κ3) is 0.999. The maximum absolute atomic E-state index is 5.15. The van der Waals surface area contributed by atoms with Gasteiger partial charge in [-0.2, -0.15) is 0 Å². The minimum Gasteiger partial charge on any atom is -0.478 e. The molecule has 0 aromatic carbocycles. The topological polar surface area (TPSA) is 39.4 Å². The molecule has 0 atom stereocenters. The van der Waals surface area contributed by atoms with Crippen molar-refractivity contribution in [1.29, 1.82) is 0 Å². The van der Waals surface area contributed by atoms with Gasteiger partial charge in [0.1, 0.15) is 0 Å². The first-order valence-corrected chi connectivity index (χ1v) is 4.76. The van der Waals surface area contributed by atoms with E-state index in [2.05, 4.69) is 14.4 Å². The smallest absolute Gasteiger partial charge is 0.258 e. The minimum atomic E-state index is 0.597. The Morgan fingerprint density at radius 2 is 2.29 bits per heavy atom. The van der Waals surface area contributed by atoms with E-state index < -0.39 is 0 Å². The number of methoxy groups -OCH3 is 1. The second-order valence-electron chi connectivity index (χ2n) is 3.59. The van der Waals surface area contributed by atoms with Crippen LogP contribution in [0.1, 0.15) is 24.5 Å². The van der Waals surface area contributed by atoms with Crippen LogP contribution in [0.2, 0.25) is 0 Å². The van der Waals surface area contributed by atoms with Crippen LogP contribution in [-0.2, 0) is 0 Å². The van der Waals surface area contributed by atoms with E-state index in [0.29, 0.717) is 11.8 Å². The lowest BCUT2D eigenvalue weighted by atomic mass is 10.3. The lowest BCUT2D eigenvalue weighted by Crippen LogP contribution is -1.95. The zero-order valence-corrected chi connectivity index (χ0v) is 7.97. The quantitative estimate of drug-likeness (QED) is 0.720. The standard InChI is InChI=1S/C10H11N3O/c1-14-10-9-12-6-8(7-2-3-7)13(9)5-4-11-10/h4-7H,2-3H2,1H3. The summed E-state index contributed by atoms with van der Waals surface area (Å²) in [6.45, 7) is 0. The number of fused-ring (bicyclic) bond motifs is 1. The molecule has 0 bridgehead atoms. The molecular weight excluding hydrogens is 178 g/mol. The molecule has 4 heteroatoms. The van der Waals surface area contributed by atoms with E-state index in [0.717, 1.165) is 5.65 Å². The van der Waals surface area contributed by atoms with Crippen LogP contribution >= 0.6 is 0 Å². The zero-order chi connectivity index (χ0) is 9.54. The van der Waals surface area contributed by atoms with E-state index >= 15 is 0 Å². The molecule has 72 valence electrons. The van der Waals surface area contributed by atoms with Crippen molar-refractivity contribution in [3.63, 3.8) is 0 Å². The largest absolute Gasteiger partial charge is 0.478 e. The fourth-order valence-corrected chi connectivity index (χ4v) is 1.74. The summed E-state index contributed by atoms with van der Waals surface area (Å²) >= 11 is 0. The molecule has 3 rings (SSSR count). The normalized spacial score (nSPS) is 16.1. The highest BCUT2D eigenvalue weighted by molar-refractivity contribution is 5.50. The van der Waals surface area contributed by atoms with Crippen LogP contribution in [0.3, 0.4) is 0 Å². The lowest BCUT2D eigenvalue weighted by Gasteiger charge is -2.01. The average Bonchev–Trinajstić information content (AvgIpc) is 2.97. The van der Waals surface area contributed by atoms with Crippen molar-refractivity contribution >= 4 is 5.65 Å². The van der Waals surface area contributed by atoms with Gasteiger partial charge in [-0.3, -0.25) is 4.40 Å². The number of nitrogens with zero attached hydrogens (tertiary/aromatic N) is 3. The molecule has 0 radical (unpaired) electrons. The highest BCUT2D eigenvalue weighted by Crippen LogP contribution is 2.40. The predicted molar refractivity (Wildman–Crippen MR) is 51.5 cm³/mol. The molecule has 14 heavy (non-hydrogen) atoms. The van der Waals surface area contributed by atoms with Gasteiger partial charge in [-0.1, -0.05) is 0 Å². The van der Waals surface area contributed by atoms with Crippen molar-refractivity contribution in [3.05, 3.63) is 24.3 Å². The summed E-state index contributed by atoms with van der Waals surface area (Å²) in [6, 6.07) is 0. The summed E-state index contributed by atoms with van der Waals surface area (Å²) in [4.78, 5) is 8.44. The van der Waals surface area contributed by atoms with Crippen LogP contribution in [0, 0.1) is 0 Å². The molecule has 4 nitrogen and oxygen atoms in total. The summed E-state index contributed by atoms with van der Waals surface area (Å²) < 4.78 is 7.22. The van der Waals surface area contributed by atoms with Crippen LogP contribution in [-0.4, -0.2) is 21.5 Å². The van der Waals surface area contributed by atoms with Crippen molar-refractivity contribution in [2.45, 2.75) is 18.8 Å². The monoisotopic (exact) mass is 189 g/mol. The highest BCUT2D eigenvalue weighted by Gasteiger charge is 2.27. The van der Waals surface area contributed by atoms with Gasteiger partial charge >= 0.3 is 0 Å². The molecule has 2 heterocycles. The summed E-state index contributed by atoms with van der Waals surface area (Å²) in [6.07, 6.45) is 8.17. The molecule has 0 N–H and O–H groups in total. The summed E-state index contributed by atoms with van der Waals surface area (Å²) in [5, 5.41) is 0. The van der Waals surface area contributed by atoms with Gasteiger partial charge in [0.25, 0.3) is 5.88 Å². The number of imidazole rings is 1. The number of rotatable bonds is 2. The Hall–Kier alpha value is -1.58. The van der Waals surface area contributed by atoms with Gasteiger partial charge < -0.3 is 4.74 Å². The van der Waals surface area contributed by atoms with E-state index in [1.807, 2.05) is 12.4 Å². The first-order valence-electron chi connectivity index (χ1n) is 4.76. The first-order chi connectivity index (χ1) is 6.90. The fourth-order valence-electron chi connectivity index (χ4n) is 1.74. The Kier molecular flexibility index (Phi) is 1.50. The molecule has 1 fully saturated rings. The Balaban J connectivity index is 2.25. The van der Waals surface area contributed by atoms with Gasteiger partial charge in [-0.05, 0) is 12.8 Å². The third-order valence-corrected chi connectivity index (χ3v) is 2.61. The van der Waals surface area contributed by atoms with E-state index in [1.54, 1.807) is 13.3 Å². The van der Waals surface area contributed by atoms with E-state index in [-0.39, 0.29) is 0 Å². The van der Waals surface area contributed by atoms with Crippen molar-refractivity contribution in [2.24, 2.45) is 0 Å². The molecule has 1 aliphatic carbocycles. The number of hydrogen-bond acceptors (Lipinski definition) is 3. The molecule has 1 aliphatic rings. The van der Waals surface area contributed by atoms with Crippen LogP contribution < -0.4 is 4.74 Å². The van der Waals surface area contributed by atoms with Crippen molar-refractivity contribution in [3.8, 4) is 5.88 Å². The molecule has 0 amide bonds. The second-order valence-corrected chi connectivity index (χ2v) is 3.59. The lowest BCUT2D eigenvalue weighted by molar-refractivity contribution is 0.400. The first kappa shape index (κ1) is 7.79. The molecule has 0 saturated heterocycles. The fraction of sp³-hybridized carbons (Fsp3) is 0.400. The molecule has 0 aliphatic heterocycles. The van der Waals surface area contributed by atoms with Crippen LogP contribution in [0.15, 0.2) is 18.6 Å². The maximum Gasteiger partial charge on any atom is 0.258 e. The Morgan fingerprint density at radius 1 is 1.43 bits per heavy atom. The summed E-state index contributed by atoms with van der Waals surface area (Å²) in [7, 11) is 1.62. The highest BCUT2D eigenvalue weighted by atomic mass is 16.5. The molecule has 2 aromatic heterocycles. The maximum atomic E-state index is 5.15. The van der Waals surface area contributed by atoms with Crippen molar-refractivity contribution in [1.82, 2.24) is 14.4 Å². The molecule has 2 aromatic rings. The number of aromatic nitrogens is 3. The van der Waals surface area contributed by atoms with Crippen LogP contribution in [0.5, 0.6) is 5.88 Å². The average molecular weight is 189 g/mol. The van der Waals surface area contributed by atoms with Gasteiger partial charge in [0, 0.05) is 30.2 Å². The Bertz CT molecular complexity index is 473. The van der Waals surface area contributed by atoms with E-state index in [1.165, 1.54) is 18.5 Å². The van der Waals surface area contributed by atoms with Gasteiger partial charge in [0.15, 0.2) is 0 Å². The Morgan fingerprint density at radius 3 is 3.00 bits per heavy atom. The Labute approximate surface area is 81.6 Å². The van der Waals surface area contributed by atoms with Crippen molar-refractivity contribution in [2.75, 3.05) is 7.11 Å². The van der Waals surface area contributed by atoms with Gasteiger partial charge in [0.05, 0.1) is 7.11 Å². The predicted octanol–water partition coefficient (Wildman–Crippen LogP) is 1.62. The van der Waals surface area contributed by atoms with Gasteiger partial charge in [-0.15, -0.1) is 0 Å². The van der Waals surface area contributed by atoms with E-state index in [9.17, 15) is 0 Å². The van der Waals surface area contributed by atoms with E-state index in [4.69, 9.17) is 4.74 Å². The molecule has 0 unspecified atom stereocenters.